The minimum Gasteiger partial charge on any atom is -0.377 e. The van der Waals surface area contributed by atoms with Gasteiger partial charge in [0.05, 0.1) is 26.4 Å². The van der Waals surface area contributed by atoms with E-state index >= 15 is 0 Å². The van der Waals surface area contributed by atoms with Crippen molar-refractivity contribution in [2.45, 2.75) is 37.9 Å². The van der Waals surface area contributed by atoms with Gasteiger partial charge in [0, 0.05) is 12.8 Å². The Labute approximate surface area is 79.4 Å². The van der Waals surface area contributed by atoms with Crippen LogP contribution in [0, 0.1) is 0 Å². The minimum absolute atomic E-state index is 0.248. The highest BCUT2D eigenvalue weighted by Gasteiger charge is 2.34. The van der Waals surface area contributed by atoms with Crippen molar-refractivity contribution in [2.24, 2.45) is 0 Å². The first-order chi connectivity index (χ1) is 6.41. The predicted octanol–water partition coefficient (Wildman–Crippen LogP) is 1.71. The summed E-state index contributed by atoms with van der Waals surface area (Å²) in [6.45, 7) is 2.79. The van der Waals surface area contributed by atoms with Gasteiger partial charge in [-0.15, -0.1) is 0 Å². The van der Waals surface area contributed by atoms with E-state index in [4.69, 9.17) is 14.2 Å². The third-order valence-corrected chi connectivity index (χ3v) is 2.80. The molecule has 0 bridgehead atoms. The molecule has 76 valence electrons. The van der Waals surface area contributed by atoms with E-state index in [1.807, 2.05) is 0 Å². The Kier molecular flexibility index (Phi) is 3.19. The van der Waals surface area contributed by atoms with Crippen molar-refractivity contribution in [1.29, 1.82) is 0 Å². The van der Waals surface area contributed by atoms with Gasteiger partial charge in [-0.05, 0) is 12.8 Å². The second kappa shape index (κ2) is 4.40. The van der Waals surface area contributed by atoms with Crippen LogP contribution in [-0.4, -0.2) is 32.2 Å². The quantitative estimate of drug-likeness (QED) is 0.576. The maximum Gasteiger partial charge on any atom is 0.168 e. The van der Waals surface area contributed by atoms with Crippen LogP contribution in [0.5, 0.6) is 0 Å². The van der Waals surface area contributed by atoms with Crippen LogP contribution in [0.3, 0.4) is 0 Å². The number of hydrogen-bond donors (Lipinski definition) is 0. The maximum atomic E-state index is 5.76. The van der Waals surface area contributed by atoms with Crippen LogP contribution in [0.2, 0.25) is 0 Å². The van der Waals surface area contributed by atoms with Gasteiger partial charge in [-0.1, -0.05) is 6.42 Å². The molecule has 1 saturated carbocycles. The van der Waals surface area contributed by atoms with Crippen molar-refractivity contribution in [3.05, 3.63) is 0 Å². The largest absolute Gasteiger partial charge is 0.377 e. The molecule has 0 aromatic rings. The Morgan fingerprint density at radius 3 is 1.92 bits per heavy atom. The van der Waals surface area contributed by atoms with E-state index in [1.165, 1.54) is 19.3 Å². The van der Waals surface area contributed by atoms with Crippen molar-refractivity contribution in [3.63, 3.8) is 0 Å². The molecule has 0 N–H and O–H groups in total. The summed E-state index contributed by atoms with van der Waals surface area (Å²) in [6, 6.07) is 0. The summed E-state index contributed by atoms with van der Waals surface area (Å²) in [4.78, 5) is 0. The SMILES string of the molecule is C1CCC2(CC1)OCCOCCO2. The van der Waals surface area contributed by atoms with Crippen molar-refractivity contribution in [3.8, 4) is 0 Å². The molecule has 13 heavy (non-hydrogen) atoms. The van der Waals surface area contributed by atoms with E-state index in [-0.39, 0.29) is 5.79 Å². The molecular formula is C10H18O3. The fraction of sp³-hybridized carbons (Fsp3) is 1.00. The summed E-state index contributed by atoms with van der Waals surface area (Å²) in [7, 11) is 0. The van der Waals surface area contributed by atoms with Crippen LogP contribution in [0.4, 0.5) is 0 Å². The molecule has 0 atom stereocenters. The molecule has 1 aliphatic carbocycles. The Balaban J connectivity index is 1.91. The molecule has 0 amide bonds. The zero-order valence-electron chi connectivity index (χ0n) is 8.09. The van der Waals surface area contributed by atoms with Crippen LogP contribution in [0.25, 0.3) is 0 Å². The second-order valence-electron chi connectivity index (χ2n) is 3.78. The van der Waals surface area contributed by atoms with Crippen molar-refractivity contribution in [1.82, 2.24) is 0 Å². The van der Waals surface area contributed by atoms with Crippen molar-refractivity contribution in [2.75, 3.05) is 26.4 Å². The fourth-order valence-corrected chi connectivity index (χ4v) is 2.10. The Bertz CT molecular complexity index is 142. The molecule has 0 radical (unpaired) electrons. The van der Waals surface area contributed by atoms with Crippen LogP contribution in [-0.2, 0) is 14.2 Å². The lowest BCUT2D eigenvalue weighted by atomic mass is 9.94. The van der Waals surface area contributed by atoms with Gasteiger partial charge >= 0.3 is 0 Å². The maximum absolute atomic E-state index is 5.76. The summed E-state index contributed by atoms with van der Waals surface area (Å²) < 4.78 is 16.8. The summed E-state index contributed by atoms with van der Waals surface area (Å²) in [5.41, 5.74) is 0. The molecule has 1 heterocycles. The Morgan fingerprint density at radius 2 is 1.31 bits per heavy atom. The zero-order valence-corrected chi connectivity index (χ0v) is 8.09. The van der Waals surface area contributed by atoms with Crippen LogP contribution < -0.4 is 0 Å². The fourth-order valence-electron chi connectivity index (χ4n) is 2.10. The van der Waals surface area contributed by atoms with E-state index in [0.29, 0.717) is 26.4 Å². The third kappa shape index (κ3) is 2.42. The van der Waals surface area contributed by atoms with E-state index in [9.17, 15) is 0 Å². The summed E-state index contributed by atoms with van der Waals surface area (Å²) in [5, 5.41) is 0. The van der Waals surface area contributed by atoms with Gasteiger partial charge in [-0.3, -0.25) is 0 Å². The van der Waals surface area contributed by atoms with Gasteiger partial charge in [0.15, 0.2) is 5.79 Å². The van der Waals surface area contributed by atoms with Gasteiger partial charge in [-0.2, -0.15) is 0 Å². The first kappa shape index (κ1) is 9.44. The van der Waals surface area contributed by atoms with Crippen molar-refractivity contribution >= 4 is 0 Å². The first-order valence-corrected chi connectivity index (χ1v) is 5.27. The molecule has 1 aliphatic heterocycles. The highest BCUT2D eigenvalue weighted by atomic mass is 16.7. The topological polar surface area (TPSA) is 27.7 Å². The van der Waals surface area contributed by atoms with E-state index in [1.54, 1.807) is 0 Å². The molecule has 2 aliphatic rings. The monoisotopic (exact) mass is 186 g/mol. The van der Waals surface area contributed by atoms with Gasteiger partial charge in [0.25, 0.3) is 0 Å². The molecule has 1 spiro atoms. The molecule has 0 aromatic heterocycles. The lowest BCUT2D eigenvalue weighted by Gasteiger charge is -2.38. The average molecular weight is 186 g/mol. The number of hydrogen-bond acceptors (Lipinski definition) is 3. The van der Waals surface area contributed by atoms with Crippen LogP contribution in [0.1, 0.15) is 32.1 Å². The summed E-state index contributed by atoms with van der Waals surface area (Å²) >= 11 is 0. The molecule has 2 fully saturated rings. The Morgan fingerprint density at radius 1 is 0.692 bits per heavy atom. The van der Waals surface area contributed by atoms with Gasteiger partial charge in [-0.25, -0.2) is 0 Å². The van der Waals surface area contributed by atoms with Gasteiger partial charge < -0.3 is 14.2 Å². The molecule has 3 heteroatoms. The molecule has 2 rings (SSSR count). The average Bonchev–Trinajstić information content (AvgIpc) is 2.14. The van der Waals surface area contributed by atoms with E-state index < -0.39 is 0 Å². The van der Waals surface area contributed by atoms with Crippen molar-refractivity contribution < 1.29 is 14.2 Å². The number of rotatable bonds is 0. The summed E-state index contributed by atoms with van der Waals surface area (Å²) in [6.07, 6.45) is 5.92. The van der Waals surface area contributed by atoms with Gasteiger partial charge in [0.2, 0.25) is 0 Å². The molecule has 1 saturated heterocycles. The van der Waals surface area contributed by atoms with Crippen LogP contribution in [0.15, 0.2) is 0 Å². The molecule has 3 nitrogen and oxygen atoms in total. The number of ether oxygens (including phenoxy) is 3. The molecule has 0 unspecified atom stereocenters. The van der Waals surface area contributed by atoms with Gasteiger partial charge in [0.1, 0.15) is 0 Å². The highest BCUT2D eigenvalue weighted by Crippen LogP contribution is 2.33. The molecule has 0 aromatic carbocycles. The molecular weight excluding hydrogens is 168 g/mol. The summed E-state index contributed by atoms with van der Waals surface area (Å²) in [5.74, 6) is -0.248. The van der Waals surface area contributed by atoms with Crippen LogP contribution >= 0.6 is 0 Å². The minimum atomic E-state index is -0.248. The lowest BCUT2D eigenvalue weighted by Crippen LogP contribution is -2.41. The Hall–Kier alpha value is -0.120. The zero-order chi connectivity index (χ0) is 8.99. The highest BCUT2D eigenvalue weighted by molar-refractivity contribution is 4.75. The lowest BCUT2D eigenvalue weighted by molar-refractivity contribution is -0.272. The second-order valence-corrected chi connectivity index (χ2v) is 3.78. The first-order valence-electron chi connectivity index (χ1n) is 5.27. The predicted molar refractivity (Wildman–Crippen MR) is 48.5 cm³/mol. The van der Waals surface area contributed by atoms with E-state index in [2.05, 4.69) is 0 Å². The smallest absolute Gasteiger partial charge is 0.168 e. The third-order valence-electron chi connectivity index (χ3n) is 2.80. The van der Waals surface area contributed by atoms with E-state index in [0.717, 1.165) is 12.8 Å². The normalized spacial score (nSPS) is 29.5. The standard InChI is InChI=1S/C10H18O3/c1-2-4-10(5-3-1)12-8-6-11-7-9-13-10/h1-9H2.